The molecule has 0 saturated heterocycles. The second-order valence-electron chi connectivity index (χ2n) is 8.90. The fourth-order valence-electron chi connectivity index (χ4n) is 3.66. The summed E-state index contributed by atoms with van der Waals surface area (Å²) in [5.41, 5.74) is 3.78. The first kappa shape index (κ1) is 28.9. The van der Waals surface area contributed by atoms with Gasteiger partial charge in [-0.25, -0.2) is 4.79 Å². The van der Waals surface area contributed by atoms with Gasteiger partial charge in [-0.15, -0.1) is 0 Å². The van der Waals surface area contributed by atoms with E-state index in [4.69, 9.17) is 14.2 Å². The molecule has 0 N–H and O–H groups in total. The molecule has 0 spiro atoms. The molecule has 0 fully saturated rings. The Kier molecular flexibility index (Phi) is 13.1. The van der Waals surface area contributed by atoms with Crippen LogP contribution in [0.25, 0.3) is 6.08 Å². The Morgan fingerprint density at radius 1 is 0.917 bits per heavy atom. The van der Waals surface area contributed by atoms with E-state index in [0.717, 1.165) is 24.0 Å². The van der Waals surface area contributed by atoms with Crippen molar-refractivity contribution in [3.8, 4) is 11.5 Å². The van der Waals surface area contributed by atoms with Crippen LogP contribution in [0.5, 0.6) is 11.5 Å². The van der Waals surface area contributed by atoms with Crippen LogP contribution >= 0.6 is 0 Å². The SMILES string of the molecule is CCCCCCCc1ccccc1C=CC(=O)c1ccc(OCC=C(C)C)cc1OCC(=O)OCC. The van der Waals surface area contributed by atoms with Crippen LogP contribution in [-0.2, 0) is 16.0 Å². The van der Waals surface area contributed by atoms with E-state index < -0.39 is 5.97 Å². The summed E-state index contributed by atoms with van der Waals surface area (Å²) in [5.74, 6) is 0.148. The molecule has 0 radical (unpaired) electrons. The third kappa shape index (κ3) is 10.5. The first-order valence-electron chi connectivity index (χ1n) is 12.9. The van der Waals surface area contributed by atoms with Gasteiger partial charge in [-0.2, -0.15) is 0 Å². The van der Waals surface area contributed by atoms with E-state index in [1.807, 2.05) is 44.2 Å². The van der Waals surface area contributed by atoms with Crippen LogP contribution in [0, 0.1) is 0 Å². The number of aryl methyl sites for hydroxylation is 1. The van der Waals surface area contributed by atoms with Gasteiger partial charge in [0, 0.05) is 6.07 Å². The molecule has 2 rings (SSSR count). The molecule has 0 atom stereocenters. The molecular formula is C31H40O5. The molecule has 0 unspecified atom stereocenters. The van der Waals surface area contributed by atoms with Crippen molar-refractivity contribution >= 4 is 17.8 Å². The Bertz CT molecular complexity index is 1030. The molecule has 0 aliphatic rings. The van der Waals surface area contributed by atoms with Crippen molar-refractivity contribution in [2.75, 3.05) is 19.8 Å². The van der Waals surface area contributed by atoms with Gasteiger partial charge in [-0.3, -0.25) is 4.79 Å². The van der Waals surface area contributed by atoms with Crippen LogP contribution in [0.1, 0.15) is 81.3 Å². The van der Waals surface area contributed by atoms with Gasteiger partial charge < -0.3 is 14.2 Å². The molecule has 0 saturated carbocycles. The van der Waals surface area contributed by atoms with Crippen molar-refractivity contribution in [2.45, 2.75) is 66.2 Å². The van der Waals surface area contributed by atoms with E-state index in [9.17, 15) is 9.59 Å². The van der Waals surface area contributed by atoms with Crippen molar-refractivity contribution in [1.29, 1.82) is 0 Å². The summed E-state index contributed by atoms with van der Waals surface area (Å²) in [6.07, 6.45) is 12.5. The van der Waals surface area contributed by atoms with E-state index >= 15 is 0 Å². The van der Waals surface area contributed by atoms with E-state index in [0.29, 0.717) is 17.9 Å². The van der Waals surface area contributed by atoms with Crippen molar-refractivity contribution in [3.05, 3.63) is 76.9 Å². The molecule has 194 valence electrons. The Hall–Kier alpha value is -3.34. The Balaban J connectivity index is 2.17. The molecule has 0 amide bonds. The zero-order valence-electron chi connectivity index (χ0n) is 22.2. The molecule has 0 bridgehead atoms. The van der Waals surface area contributed by atoms with Crippen molar-refractivity contribution < 1.29 is 23.8 Å². The highest BCUT2D eigenvalue weighted by atomic mass is 16.6. The number of hydrogen-bond acceptors (Lipinski definition) is 5. The van der Waals surface area contributed by atoms with Crippen LogP contribution in [0.15, 0.2) is 60.2 Å². The number of unbranched alkanes of at least 4 members (excludes halogenated alkanes) is 4. The van der Waals surface area contributed by atoms with Gasteiger partial charge in [-0.05, 0) is 69.0 Å². The molecule has 2 aromatic carbocycles. The largest absolute Gasteiger partial charge is 0.489 e. The zero-order chi connectivity index (χ0) is 26.2. The number of carbonyl (C=O) groups is 2. The summed E-state index contributed by atoms with van der Waals surface area (Å²) in [6, 6.07) is 13.2. The highest BCUT2D eigenvalue weighted by Gasteiger charge is 2.14. The van der Waals surface area contributed by atoms with Gasteiger partial charge >= 0.3 is 5.97 Å². The lowest BCUT2D eigenvalue weighted by Crippen LogP contribution is -2.16. The van der Waals surface area contributed by atoms with Crippen LogP contribution < -0.4 is 9.47 Å². The number of ketones is 1. The minimum Gasteiger partial charge on any atom is -0.489 e. The third-order valence-electron chi connectivity index (χ3n) is 5.63. The van der Waals surface area contributed by atoms with Gasteiger partial charge in [0.2, 0.25) is 0 Å². The molecular weight excluding hydrogens is 452 g/mol. The van der Waals surface area contributed by atoms with E-state index in [-0.39, 0.29) is 24.7 Å². The predicted octanol–water partition coefficient (Wildman–Crippen LogP) is 7.38. The fourth-order valence-corrected chi connectivity index (χ4v) is 3.66. The van der Waals surface area contributed by atoms with Crippen molar-refractivity contribution in [2.24, 2.45) is 0 Å². The zero-order valence-corrected chi connectivity index (χ0v) is 22.2. The highest BCUT2D eigenvalue weighted by molar-refractivity contribution is 6.08. The minimum absolute atomic E-state index is 0.206. The predicted molar refractivity (Wildman–Crippen MR) is 146 cm³/mol. The van der Waals surface area contributed by atoms with Gasteiger partial charge in [0.15, 0.2) is 12.4 Å². The van der Waals surface area contributed by atoms with Crippen molar-refractivity contribution in [3.63, 3.8) is 0 Å². The van der Waals surface area contributed by atoms with Crippen LogP contribution in [0.2, 0.25) is 0 Å². The summed E-state index contributed by atoms with van der Waals surface area (Å²) in [5, 5.41) is 0. The summed E-state index contributed by atoms with van der Waals surface area (Å²) in [7, 11) is 0. The normalized spacial score (nSPS) is 10.8. The molecule has 36 heavy (non-hydrogen) atoms. The number of carbonyl (C=O) groups excluding carboxylic acids is 2. The van der Waals surface area contributed by atoms with E-state index in [1.54, 1.807) is 31.2 Å². The Labute approximate surface area is 216 Å². The molecule has 5 nitrogen and oxygen atoms in total. The monoisotopic (exact) mass is 492 g/mol. The molecule has 0 heterocycles. The quantitative estimate of drug-likeness (QED) is 0.0804. The Morgan fingerprint density at radius 3 is 2.44 bits per heavy atom. The Morgan fingerprint density at radius 2 is 1.69 bits per heavy atom. The first-order valence-corrected chi connectivity index (χ1v) is 12.9. The molecule has 0 aliphatic heterocycles. The number of allylic oxidation sites excluding steroid dienone is 2. The summed E-state index contributed by atoms with van der Waals surface area (Å²) in [4.78, 5) is 25.0. The molecule has 5 heteroatoms. The maximum atomic E-state index is 13.1. The average Bonchev–Trinajstić information content (AvgIpc) is 2.86. The maximum Gasteiger partial charge on any atom is 0.344 e. The number of benzene rings is 2. The van der Waals surface area contributed by atoms with E-state index in [1.165, 1.54) is 31.2 Å². The van der Waals surface area contributed by atoms with Crippen molar-refractivity contribution in [1.82, 2.24) is 0 Å². The third-order valence-corrected chi connectivity index (χ3v) is 5.63. The lowest BCUT2D eigenvalue weighted by molar-refractivity contribution is -0.145. The molecule has 0 aromatic heterocycles. The number of rotatable bonds is 16. The topological polar surface area (TPSA) is 61.8 Å². The second-order valence-corrected chi connectivity index (χ2v) is 8.90. The maximum absolute atomic E-state index is 13.1. The van der Waals surface area contributed by atoms with Gasteiger partial charge in [0.05, 0.1) is 12.2 Å². The van der Waals surface area contributed by atoms with Gasteiger partial charge in [0.25, 0.3) is 0 Å². The van der Waals surface area contributed by atoms with Gasteiger partial charge in [0.1, 0.15) is 18.1 Å². The summed E-state index contributed by atoms with van der Waals surface area (Å²) < 4.78 is 16.4. The number of hydrogen-bond donors (Lipinski definition) is 0. The summed E-state index contributed by atoms with van der Waals surface area (Å²) >= 11 is 0. The molecule has 2 aromatic rings. The lowest BCUT2D eigenvalue weighted by Gasteiger charge is -2.12. The number of ether oxygens (including phenoxy) is 3. The minimum atomic E-state index is -0.491. The first-order chi connectivity index (χ1) is 17.4. The number of esters is 1. The smallest absolute Gasteiger partial charge is 0.344 e. The van der Waals surface area contributed by atoms with Crippen LogP contribution in [0.4, 0.5) is 0 Å². The standard InChI is InChI=1S/C31H40O5/c1-5-7-8-9-10-13-25-14-11-12-15-26(25)16-19-29(32)28-18-17-27(35-21-20-24(3)4)22-30(28)36-23-31(33)34-6-2/h11-12,14-20,22H,5-10,13,21,23H2,1-4H3. The average molecular weight is 493 g/mol. The lowest BCUT2D eigenvalue weighted by atomic mass is 9.99. The highest BCUT2D eigenvalue weighted by Crippen LogP contribution is 2.27. The van der Waals surface area contributed by atoms with Gasteiger partial charge in [-0.1, -0.05) is 68.5 Å². The summed E-state index contributed by atoms with van der Waals surface area (Å²) in [6.45, 7) is 8.33. The fraction of sp³-hybridized carbons (Fsp3) is 0.419. The van der Waals surface area contributed by atoms with Crippen LogP contribution in [-0.4, -0.2) is 31.6 Å². The molecule has 0 aliphatic carbocycles. The second kappa shape index (κ2) is 16.4. The van der Waals surface area contributed by atoms with Crippen LogP contribution in [0.3, 0.4) is 0 Å². The van der Waals surface area contributed by atoms with E-state index in [2.05, 4.69) is 13.0 Å².